The SMILES string of the molecule is COc1cc(CNS(=O)c2ccc(Br)s2)nc(-c2ccccn2)c1. The van der Waals surface area contributed by atoms with Crippen molar-refractivity contribution in [1.82, 2.24) is 14.7 Å². The number of nitrogens with one attached hydrogen (secondary N) is 1. The van der Waals surface area contributed by atoms with E-state index in [4.69, 9.17) is 4.74 Å². The Balaban J connectivity index is 1.79. The van der Waals surface area contributed by atoms with Gasteiger partial charge in [-0.15, -0.1) is 11.3 Å². The van der Waals surface area contributed by atoms with Crippen LogP contribution in [0.25, 0.3) is 11.4 Å². The van der Waals surface area contributed by atoms with Gasteiger partial charge >= 0.3 is 0 Å². The third kappa shape index (κ3) is 4.27. The molecule has 0 aliphatic carbocycles. The highest BCUT2D eigenvalue weighted by molar-refractivity contribution is 9.11. The molecule has 3 heterocycles. The monoisotopic (exact) mass is 423 g/mol. The van der Waals surface area contributed by atoms with E-state index in [1.807, 2.05) is 42.5 Å². The number of thiophene rings is 1. The molecule has 0 aromatic carbocycles. The smallest absolute Gasteiger partial charge is 0.135 e. The van der Waals surface area contributed by atoms with Crippen LogP contribution in [0.5, 0.6) is 5.75 Å². The second-order valence-electron chi connectivity index (χ2n) is 4.75. The van der Waals surface area contributed by atoms with Gasteiger partial charge in [0.1, 0.15) is 20.9 Å². The molecule has 24 heavy (non-hydrogen) atoms. The number of halogens is 1. The zero-order chi connectivity index (χ0) is 16.9. The standard InChI is InChI=1S/C16H14BrN3O2S2/c1-22-12-8-11(10-19-24(21)16-6-5-15(17)23-16)20-14(9-12)13-4-2-3-7-18-13/h2-9,19H,10H2,1H3. The van der Waals surface area contributed by atoms with Crippen LogP contribution >= 0.6 is 27.3 Å². The maximum absolute atomic E-state index is 12.3. The summed E-state index contributed by atoms with van der Waals surface area (Å²) in [6.07, 6.45) is 1.72. The van der Waals surface area contributed by atoms with Crippen molar-refractivity contribution in [3.05, 3.63) is 58.1 Å². The molecule has 124 valence electrons. The topological polar surface area (TPSA) is 64.1 Å². The van der Waals surface area contributed by atoms with E-state index in [1.54, 1.807) is 13.3 Å². The number of rotatable bonds is 6. The van der Waals surface area contributed by atoms with Crippen LogP contribution in [-0.2, 0) is 17.5 Å². The first kappa shape index (κ1) is 17.2. The summed E-state index contributed by atoms with van der Waals surface area (Å²) < 4.78 is 22.3. The number of aromatic nitrogens is 2. The van der Waals surface area contributed by atoms with Crippen LogP contribution in [0.1, 0.15) is 5.69 Å². The number of hydrogen-bond donors (Lipinski definition) is 1. The Labute approximate surface area is 154 Å². The van der Waals surface area contributed by atoms with E-state index < -0.39 is 11.0 Å². The van der Waals surface area contributed by atoms with Gasteiger partial charge in [0.05, 0.1) is 34.5 Å². The molecule has 0 saturated carbocycles. The highest BCUT2D eigenvalue weighted by atomic mass is 79.9. The zero-order valence-corrected chi connectivity index (χ0v) is 16.0. The van der Waals surface area contributed by atoms with Crippen LogP contribution in [0, 0.1) is 0 Å². The van der Waals surface area contributed by atoms with E-state index in [9.17, 15) is 4.21 Å². The van der Waals surface area contributed by atoms with Crippen molar-refractivity contribution in [3.63, 3.8) is 0 Å². The lowest BCUT2D eigenvalue weighted by Gasteiger charge is -2.08. The van der Waals surface area contributed by atoms with E-state index in [0.717, 1.165) is 25.1 Å². The van der Waals surface area contributed by atoms with Crippen molar-refractivity contribution in [3.8, 4) is 17.1 Å². The summed E-state index contributed by atoms with van der Waals surface area (Å²) in [6.45, 7) is 0.360. The maximum atomic E-state index is 12.3. The van der Waals surface area contributed by atoms with Crippen molar-refractivity contribution in [2.24, 2.45) is 0 Å². The Bertz CT molecular complexity index is 856. The van der Waals surface area contributed by atoms with E-state index in [1.165, 1.54) is 11.3 Å². The summed E-state index contributed by atoms with van der Waals surface area (Å²) in [6, 6.07) is 13.0. The van der Waals surface area contributed by atoms with Gasteiger partial charge in [0.2, 0.25) is 0 Å². The zero-order valence-electron chi connectivity index (χ0n) is 12.7. The molecule has 0 amide bonds. The lowest BCUT2D eigenvalue weighted by molar-refractivity contribution is 0.413. The van der Waals surface area contributed by atoms with Gasteiger partial charge in [0, 0.05) is 18.3 Å². The maximum Gasteiger partial charge on any atom is 0.135 e. The minimum Gasteiger partial charge on any atom is -0.497 e. The normalized spacial score (nSPS) is 12.1. The second kappa shape index (κ2) is 7.98. The first-order chi connectivity index (χ1) is 11.7. The van der Waals surface area contributed by atoms with Crippen molar-refractivity contribution in [1.29, 1.82) is 0 Å². The van der Waals surface area contributed by atoms with Crippen molar-refractivity contribution in [2.75, 3.05) is 7.11 Å². The predicted molar refractivity (Wildman–Crippen MR) is 99.3 cm³/mol. The molecular weight excluding hydrogens is 410 g/mol. The van der Waals surface area contributed by atoms with Crippen LogP contribution in [0.15, 0.2) is 56.7 Å². The van der Waals surface area contributed by atoms with E-state index in [2.05, 4.69) is 30.6 Å². The molecule has 0 spiro atoms. The molecule has 3 aromatic heterocycles. The van der Waals surface area contributed by atoms with Crippen molar-refractivity contribution < 1.29 is 8.95 Å². The Morgan fingerprint density at radius 3 is 2.79 bits per heavy atom. The molecule has 8 heteroatoms. The van der Waals surface area contributed by atoms with Crippen molar-refractivity contribution in [2.45, 2.75) is 10.8 Å². The van der Waals surface area contributed by atoms with Gasteiger partial charge in [-0.25, -0.2) is 13.9 Å². The largest absolute Gasteiger partial charge is 0.497 e. The van der Waals surface area contributed by atoms with Gasteiger partial charge < -0.3 is 4.74 Å². The average Bonchev–Trinajstić information content (AvgIpc) is 3.06. The third-order valence-corrected chi connectivity index (χ3v) is 6.16. The summed E-state index contributed by atoms with van der Waals surface area (Å²) >= 11 is 4.81. The number of pyridine rings is 2. The van der Waals surface area contributed by atoms with E-state index in [-0.39, 0.29) is 0 Å². The fourth-order valence-electron chi connectivity index (χ4n) is 2.02. The predicted octanol–water partition coefficient (Wildman–Crippen LogP) is 3.79. The van der Waals surface area contributed by atoms with Crippen LogP contribution < -0.4 is 9.46 Å². The number of nitrogens with zero attached hydrogens (tertiary/aromatic N) is 2. The summed E-state index contributed by atoms with van der Waals surface area (Å²) in [5, 5.41) is 0. The molecule has 1 N–H and O–H groups in total. The molecule has 0 radical (unpaired) electrons. The molecule has 1 atom stereocenters. The highest BCUT2D eigenvalue weighted by Crippen LogP contribution is 2.25. The first-order valence-electron chi connectivity index (χ1n) is 7.02. The van der Waals surface area contributed by atoms with E-state index >= 15 is 0 Å². The Morgan fingerprint density at radius 1 is 1.25 bits per heavy atom. The lowest BCUT2D eigenvalue weighted by Crippen LogP contribution is -2.17. The molecule has 0 bridgehead atoms. The molecule has 0 aliphatic rings. The van der Waals surface area contributed by atoms with Gasteiger partial charge in [0.15, 0.2) is 0 Å². The summed E-state index contributed by atoms with van der Waals surface area (Å²) in [4.78, 5) is 8.89. The second-order valence-corrected chi connectivity index (χ2v) is 8.73. The Morgan fingerprint density at radius 2 is 2.12 bits per heavy atom. The summed E-state index contributed by atoms with van der Waals surface area (Å²) in [5.41, 5.74) is 2.22. The van der Waals surface area contributed by atoms with Gasteiger partial charge in [-0.2, -0.15) is 0 Å². The van der Waals surface area contributed by atoms with E-state index in [0.29, 0.717) is 12.3 Å². The molecule has 3 rings (SSSR count). The quantitative estimate of drug-likeness (QED) is 0.654. The molecule has 0 aliphatic heterocycles. The van der Waals surface area contributed by atoms with Crippen LogP contribution in [0.2, 0.25) is 0 Å². The molecule has 3 aromatic rings. The fraction of sp³-hybridized carbons (Fsp3) is 0.125. The number of hydrogen-bond acceptors (Lipinski definition) is 5. The number of ether oxygens (including phenoxy) is 1. The highest BCUT2D eigenvalue weighted by Gasteiger charge is 2.10. The number of methoxy groups -OCH3 is 1. The molecule has 0 saturated heterocycles. The minimum absolute atomic E-state index is 0.360. The fourth-order valence-corrected chi connectivity index (χ4v) is 4.82. The van der Waals surface area contributed by atoms with Gasteiger partial charge in [-0.1, -0.05) is 6.07 Å². The minimum atomic E-state index is -1.28. The summed E-state index contributed by atoms with van der Waals surface area (Å²) in [7, 11) is 0.327. The third-order valence-electron chi connectivity index (χ3n) is 3.13. The first-order valence-corrected chi connectivity index (χ1v) is 9.78. The molecule has 0 fully saturated rings. The van der Waals surface area contributed by atoms with Crippen LogP contribution in [0.4, 0.5) is 0 Å². The van der Waals surface area contributed by atoms with Gasteiger partial charge in [-0.05, 0) is 40.2 Å². The Hall–Kier alpha value is -1.61. The van der Waals surface area contributed by atoms with Crippen molar-refractivity contribution >= 4 is 38.3 Å². The summed E-state index contributed by atoms with van der Waals surface area (Å²) in [5.74, 6) is 0.687. The Kier molecular flexibility index (Phi) is 5.72. The van der Waals surface area contributed by atoms with Crippen LogP contribution in [-0.4, -0.2) is 21.3 Å². The molecular formula is C16H14BrN3O2S2. The van der Waals surface area contributed by atoms with Gasteiger partial charge in [0.25, 0.3) is 0 Å². The molecule has 5 nitrogen and oxygen atoms in total. The van der Waals surface area contributed by atoms with Crippen LogP contribution in [0.3, 0.4) is 0 Å². The lowest BCUT2D eigenvalue weighted by atomic mass is 10.2. The molecule has 1 unspecified atom stereocenters. The van der Waals surface area contributed by atoms with Gasteiger partial charge in [-0.3, -0.25) is 4.98 Å². The average molecular weight is 424 g/mol.